The molecule has 2 fully saturated rings. The standard InChI is InChI=1S/C9H18N2/c1-2-9(11-5-1)8-3-6-10-7-4-8/h8-11H,1-7H2. The highest BCUT2D eigenvalue weighted by atomic mass is 15.0. The predicted molar refractivity (Wildman–Crippen MR) is 46.6 cm³/mol. The molecule has 2 aliphatic rings. The first-order chi connectivity index (χ1) is 5.47. The Hall–Kier alpha value is -0.0800. The summed E-state index contributed by atoms with van der Waals surface area (Å²) in [6.45, 7) is 3.74. The van der Waals surface area contributed by atoms with E-state index in [1.165, 1.54) is 45.3 Å². The molecule has 0 aromatic heterocycles. The Morgan fingerprint density at radius 2 is 1.73 bits per heavy atom. The molecule has 11 heavy (non-hydrogen) atoms. The molecule has 1 atom stereocenters. The Kier molecular flexibility index (Phi) is 2.44. The van der Waals surface area contributed by atoms with Crippen LogP contribution < -0.4 is 10.6 Å². The van der Waals surface area contributed by atoms with Gasteiger partial charge in [0.15, 0.2) is 0 Å². The third-order valence-corrected chi connectivity index (χ3v) is 3.05. The first kappa shape index (κ1) is 7.56. The summed E-state index contributed by atoms with van der Waals surface area (Å²) >= 11 is 0. The monoisotopic (exact) mass is 154 g/mol. The molecular weight excluding hydrogens is 136 g/mol. The summed E-state index contributed by atoms with van der Waals surface area (Å²) in [7, 11) is 0. The van der Waals surface area contributed by atoms with Crippen LogP contribution >= 0.6 is 0 Å². The van der Waals surface area contributed by atoms with Crippen molar-refractivity contribution in [2.45, 2.75) is 31.7 Å². The van der Waals surface area contributed by atoms with Crippen molar-refractivity contribution in [3.05, 3.63) is 0 Å². The van der Waals surface area contributed by atoms with Crippen LogP contribution in [0.25, 0.3) is 0 Å². The van der Waals surface area contributed by atoms with Crippen LogP contribution in [0.2, 0.25) is 0 Å². The third kappa shape index (κ3) is 1.74. The van der Waals surface area contributed by atoms with Gasteiger partial charge in [-0.25, -0.2) is 0 Å². The van der Waals surface area contributed by atoms with E-state index in [4.69, 9.17) is 0 Å². The van der Waals surface area contributed by atoms with E-state index < -0.39 is 0 Å². The fourth-order valence-corrected chi connectivity index (χ4v) is 2.36. The molecule has 0 saturated carbocycles. The maximum atomic E-state index is 3.60. The molecule has 0 bridgehead atoms. The fourth-order valence-electron chi connectivity index (χ4n) is 2.36. The van der Waals surface area contributed by atoms with Gasteiger partial charge in [-0.05, 0) is 51.2 Å². The Labute approximate surface area is 68.7 Å². The van der Waals surface area contributed by atoms with Crippen LogP contribution in [0.15, 0.2) is 0 Å². The quantitative estimate of drug-likeness (QED) is 0.582. The zero-order chi connectivity index (χ0) is 7.52. The van der Waals surface area contributed by atoms with Crippen molar-refractivity contribution < 1.29 is 0 Å². The van der Waals surface area contributed by atoms with E-state index in [0.717, 1.165) is 12.0 Å². The normalized spacial score (nSPS) is 34.4. The third-order valence-electron chi connectivity index (χ3n) is 3.05. The molecule has 2 N–H and O–H groups in total. The minimum Gasteiger partial charge on any atom is -0.317 e. The zero-order valence-corrected chi connectivity index (χ0v) is 7.10. The molecule has 2 rings (SSSR count). The van der Waals surface area contributed by atoms with Crippen molar-refractivity contribution in [1.82, 2.24) is 10.6 Å². The van der Waals surface area contributed by atoms with Gasteiger partial charge in [0, 0.05) is 6.04 Å². The summed E-state index contributed by atoms with van der Waals surface area (Å²) in [6, 6.07) is 0.858. The molecule has 2 heterocycles. The lowest BCUT2D eigenvalue weighted by Crippen LogP contribution is -2.38. The van der Waals surface area contributed by atoms with Gasteiger partial charge in [-0.3, -0.25) is 0 Å². The number of hydrogen-bond donors (Lipinski definition) is 2. The number of piperidine rings is 1. The van der Waals surface area contributed by atoms with E-state index in [2.05, 4.69) is 10.6 Å². The van der Waals surface area contributed by atoms with E-state index >= 15 is 0 Å². The van der Waals surface area contributed by atoms with Crippen molar-refractivity contribution in [3.63, 3.8) is 0 Å². The number of rotatable bonds is 1. The summed E-state index contributed by atoms with van der Waals surface area (Å²) in [5.74, 6) is 0.971. The van der Waals surface area contributed by atoms with Gasteiger partial charge in [-0.1, -0.05) is 0 Å². The highest BCUT2D eigenvalue weighted by molar-refractivity contribution is 4.84. The predicted octanol–water partition coefficient (Wildman–Crippen LogP) is 0.738. The van der Waals surface area contributed by atoms with Crippen molar-refractivity contribution in [2.24, 2.45) is 5.92 Å². The van der Waals surface area contributed by atoms with Gasteiger partial charge in [0.25, 0.3) is 0 Å². The van der Waals surface area contributed by atoms with E-state index in [-0.39, 0.29) is 0 Å². The number of hydrogen-bond acceptors (Lipinski definition) is 2. The summed E-state index contributed by atoms with van der Waals surface area (Å²) < 4.78 is 0. The summed E-state index contributed by atoms with van der Waals surface area (Å²) in [4.78, 5) is 0. The first-order valence-corrected chi connectivity index (χ1v) is 4.91. The number of nitrogens with one attached hydrogen (secondary N) is 2. The molecule has 0 aliphatic carbocycles. The summed E-state index contributed by atoms with van der Waals surface area (Å²) in [5, 5.41) is 7.01. The van der Waals surface area contributed by atoms with Gasteiger partial charge >= 0.3 is 0 Å². The Morgan fingerprint density at radius 3 is 2.36 bits per heavy atom. The Balaban J connectivity index is 1.82. The molecule has 1 unspecified atom stereocenters. The van der Waals surface area contributed by atoms with Gasteiger partial charge in [0.05, 0.1) is 0 Å². The van der Waals surface area contributed by atoms with E-state index in [0.29, 0.717) is 0 Å². The van der Waals surface area contributed by atoms with E-state index in [9.17, 15) is 0 Å². The second-order valence-corrected chi connectivity index (χ2v) is 3.79. The molecule has 2 aliphatic heterocycles. The minimum absolute atomic E-state index is 0.858. The average molecular weight is 154 g/mol. The van der Waals surface area contributed by atoms with Crippen LogP contribution in [0.1, 0.15) is 25.7 Å². The second-order valence-electron chi connectivity index (χ2n) is 3.79. The Morgan fingerprint density at radius 1 is 0.909 bits per heavy atom. The largest absolute Gasteiger partial charge is 0.317 e. The lowest BCUT2D eigenvalue weighted by molar-refractivity contribution is 0.300. The first-order valence-electron chi connectivity index (χ1n) is 4.91. The SMILES string of the molecule is C1CNC(C2CCNCC2)C1. The van der Waals surface area contributed by atoms with Crippen LogP contribution in [0.3, 0.4) is 0 Å². The second kappa shape index (κ2) is 3.55. The molecular formula is C9H18N2. The van der Waals surface area contributed by atoms with E-state index in [1.807, 2.05) is 0 Å². The molecule has 64 valence electrons. The Bertz CT molecular complexity index is 113. The molecule has 0 aromatic rings. The topological polar surface area (TPSA) is 24.1 Å². The molecule has 0 radical (unpaired) electrons. The van der Waals surface area contributed by atoms with Crippen molar-refractivity contribution in [1.29, 1.82) is 0 Å². The van der Waals surface area contributed by atoms with Gasteiger partial charge in [0.2, 0.25) is 0 Å². The van der Waals surface area contributed by atoms with E-state index in [1.54, 1.807) is 0 Å². The highest BCUT2D eigenvalue weighted by Crippen LogP contribution is 2.22. The minimum atomic E-state index is 0.858. The van der Waals surface area contributed by atoms with Crippen LogP contribution in [-0.4, -0.2) is 25.7 Å². The molecule has 0 spiro atoms. The molecule has 2 heteroatoms. The van der Waals surface area contributed by atoms with Crippen LogP contribution in [-0.2, 0) is 0 Å². The van der Waals surface area contributed by atoms with Crippen LogP contribution in [0.4, 0.5) is 0 Å². The van der Waals surface area contributed by atoms with Gasteiger partial charge in [0.1, 0.15) is 0 Å². The van der Waals surface area contributed by atoms with Crippen LogP contribution in [0, 0.1) is 5.92 Å². The molecule has 2 saturated heterocycles. The average Bonchev–Trinajstić information content (AvgIpc) is 2.58. The molecule has 2 nitrogen and oxygen atoms in total. The fraction of sp³-hybridized carbons (Fsp3) is 1.00. The van der Waals surface area contributed by atoms with Gasteiger partial charge in [-0.15, -0.1) is 0 Å². The van der Waals surface area contributed by atoms with Gasteiger partial charge < -0.3 is 10.6 Å². The lowest BCUT2D eigenvalue weighted by Gasteiger charge is -2.27. The van der Waals surface area contributed by atoms with Crippen molar-refractivity contribution in [2.75, 3.05) is 19.6 Å². The van der Waals surface area contributed by atoms with Crippen molar-refractivity contribution in [3.8, 4) is 0 Å². The summed E-state index contributed by atoms with van der Waals surface area (Å²) in [5.41, 5.74) is 0. The molecule has 0 amide bonds. The maximum Gasteiger partial charge on any atom is 0.00967 e. The van der Waals surface area contributed by atoms with Crippen molar-refractivity contribution >= 4 is 0 Å². The zero-order valence-electron chi connectivity index (χ0n) is 7.10. The maximum absolute atomic E-state index is 3.60. The van der Waals surface area contributed by atoms with Gasteiger partial charge in [-0.2, -0.15) is 0 Å². The smallest absolute Gasteiger partial charge is 0.00967 e. The lowest BCUT2D eigenvalue weighted by atomic mass is 9.89. The highest BCUT2D eigenvalue weighted by Gasteiger charge is 2.25. The van der Waals surface area contributed by atoms with Crippen LogP contribution in [0.5, 0.6) is 0 Å². The molecule has 0 aromatic carbocycles. The summed E-state index contributed by atoms with van der Waals surface area (Å²) in [6.07, 6.45) is 5.59.